The molecule has 6 heteroatoms. The zero-order valence-corrected chi connectivity index (χ0v) is 11.6. The normalized spacial score (nSPS) is 11.0. The molecule has 0 amide bonds. The summed E-state index contributed by atoms with van der Waals surface area (Å²) in [5.41, 5.74) is -0.747. The lowest BCUT2D eigenvalue weighted by molar-refractivity contribution is -0.137. The Kier molecular flexibility index (Phi) is 8.95. The van der Waals surface area contributed by atoms with Crippen molar-refractivity contribution in [1.29, 1.82) is 0 Å². The first-order valence-corrected chi connectivity index (χ1v) is 6.79. The van der Waals surface area contributed by atoms with Crippen molar-refractivity contribution in [2.75, 3.05) is 5.75 Å². The van der Waals surface area contributed by atoms with Crippen molar-refractivity contribution in [2.24, 2.45) is 0 Å². The Balaban J connectivity index is 0.00000154. The number of allylic oxidation sites excluding steroid dienone is 2. The minimum absolute atomic E-state index is 0.539. The number of nitrogens with zero attached hydrogens (tertiary/aromatic N) is 1. The summed E-state index contributed by atoms with van der Waals surface area (Å²) >= 11 is 1.34. The molecule has 2 nitrogen and oxygen atoms in total. The molecule has 0 aliphatic heterocycles. The number of carbonyl (C=O) groups excluding carboxylic acids is 1. The Morgan fingerprint density at radius 2 is 2.00 bits per heavy atom. The lowest BCUT2D eigenvalue weighted by Crippen LogP contribution is -2.05. The van der Waals surface area contributed by atoms with Crippen LogP contribution in [0.15, 0.2) is 35.5 Å². The molecular weight excluding hydrogens is 275 g/mol. The summed E-state index contributed by atoms with van der Waals surface area (Å²) in [5, 5.41) is 0.539. The first kappa shape index (κ1) is 17.7. The van der Waals surface area contributed by atoms with E-state index in [1.54, 1.807) is 6.08 Å². The predicted octanol–water partition coefficient (Wildman–Crippen LogP) is 4.36. The molecule has 106 valence electrons. The highest BCUT2D eigenvalue weighted by Gasteiger charge is 2.30. The molecule has 0 saturated carbocycles. The Morgan fingerprint density at radius 1 is 1.32 bits per heavy atom. The molecule has 1 aromatic heterocycles. The van der Waals surface area contributed by atoms with Gasteiger partial charge in [-0.15, -0.1) is 11.8 Å². The van der Waals surface area contributed by atoms with Gasteiger partial charge in [0.2, 0.25) is 0 Å². The van der Waals surface area contributed by atoms with Crippen LogP contribution in [0.2, 0.25) is 0 Å². The molecule has 0 aliphatic carbocycles. The van der Waals surface area contributed by atoms with Crippen LogP contribution in [0, 0.1) is 0 Å². The van der Waals surface area contributed by atoms with E-state index in [-0.39, 0.29) is 0 Å². The Bertz CT molecular complexity index is 388. The molecule has 0 spiro atoms. The summed E-state index contributed by atoms with van der Waals surface area (Å²) in [6, 6.07) is 2.35. The van der Waals surface area contributed by atoms with Gasteiger partial charge < -0.3 is 0 Å². The number of hydrogen-bond acceptors (Lipinski definition) is 3. The molecule has 1 rings (SSSR count). The van der Waals surface area contributed by atoms with E-state index in [9.17, 15) is 18.0 Å². The highest BCUT2D eigenvalue weighted by atomic mass is 32.2. The summed E-state index contributed by atoms with van der Waals surface area (Å²) in [5.74, 6) is 0.669. The highest BCUT2D eigenvalue weighted by molar-refractivity contribution is 7.99. The molecule has 0 aliphatic rings. The van der Waals surface area contributed by atoms with Crippen molar-refractivity contribution < 1.29 is 18.0 Å². The number of aromatic nitrogens is 1. The quantitative estimate of drug-likeness (QED) is 0.349. The molecule has 0 atom stereocenters. The number of carbonyl (C=O) groups is 1. The van der Waals surface area contributed by atoms with E-state index in [4.69, 9.17) is 0 Å². The Morgan fingerprint density at radius 3 is 2.47 bits per heavy atom. The largest absolute Gasteiger partial charge is 0.417 e. The minimum atomic E-state index is -4.34. The summed E-state index contributed by atoms with van der Waals surface area (Å²) in [4.78, 5) is 13.7. The van der Waals surface area contributed by atoms with Gasteiger partial charge in [-0.3, -0.25) is 4.79 Å². The van der Waals surface area contributed by atoms with Gasteiger partial charge in [0.25, 0.3) is 0 Å². The minimum Gasteiger partial charge on any atom is -0.299 e. The summed E-state index contributed by atoms with van der Waals surface area (Å²) in [7, 11) is 0. The molecule has 0 bridgehead atoms. The standard InChI is InChI=1S/C11H10F3NOS.C2H6/c12-11(13,14)9-4-5-10(15-8-9)17-7-3-1-2-6-16;1-2/h1-2,4-6,8H,3,7H2;1-2H3/b2-1+;. The van der Waals surface area contributed by atoms with E-state index in [1.165, 1.54) is 23.9 Å². The summed E-state index contributed by atoms with van der Waals surface area (Å²) < 4.78 is 36.7. The fourth-order valence-corrected chi connectivity index (χ4v) is 1.77. The van der Waals surface area contributed by atoms with Gasteiger partial charge in [0, 0.05) is 11.9 Å². The smallest absolute Gasteiger partial charge is 0.299 e. The monoisotopic (exact) mass is 291 g/mol. The van der Waals surface area contributed by atoms with Gasteiger partial charge in [0.05, 0.1) is 10.6 Å². The van der Waals surface area contributed by atoms with E-state index >= 15 is 0 Å². The number of alkyl halides is 3. The number of rotatable bonds is 5. The van der Waals surface area contributed by atoms with Crippen molar-refractivity contribution in [2.45, 2.75) is 31.5 Å². The van der Waals surface area contributed by atoms with Crippen molar-refractivity contribution >= 4 is 18.0 Å². The molecule has 1 heterocycles. The number of thioether (sulfide) groups is 1. The second-order valence-corrected chi connectivity index (χ2v) is 4.20. The molecule has 1 aromatic rings. The Labute approximate surface area is 115 Å². The molecular formula is C13H16F3NOS. The third-order valence-electron chi connectivity index (χ3n) is 1.81. The zero-order valence-electron chi connectivity index (χ0n) is 10.8. The van der Waals surface area contributed by atoms with E-state index in [2.05, 4.69) is 4.98 Å². The van der Waals surface area contributed by atoms with Crippen LogP contribution in [0.4, 0.5) is 13.2 Å². The fraction of sp³-hybridized carbons (Fsp3) is 0.385. The SMILES string of the molecule is CC.O=C/C=C/CCSc1ccc(C(F)(F)F)cn1. The fourth-order valence-electron chi connectivity index (χ4n) is 1.02. The number of pyridine rings is 1. The molecule has 0 radical (unpaired) electrons. The zero-order chi connectivity index (χ0) is 14.7. The molecule has 0 saturated heterocycles. The predicted molar refractivity (Wildman–Crippen MR) is 71.1 cm³/mol. The first-order chi connectivity index (χ1) is 9.04. The molecule has 0 aromatic carbocycles. The second kappa shape index (κ2) is 9.61. The third kappa shape index (κ3) is 7.66. The van der Waals surface area contributed by atoms with Gasteiger partial charge in [0.15, 0.2) is 0 Å². The van der Waals surface area contributed by atoms with Crippen LogP contribution < -0.4 is 0 Å². The average molecular weight is 291 g/mol. The van der Waals surface area contributed by atoms with Crippen molar-refractivity contribution in [3.63, 3.8) is 0 Å². The maximum atomic E-state index is 12.2. The number of halogens is 3. The molecule has 0 fully saturated rings. The van der Waals surface area contributed by atoms with Gasteiger partial charge in [-0.25, -0.2) is 4.98 Å². The number of aldehydes is 1. The van der Waals surface area contributed by atoms with Crippen LogP contribution in [0.5, 0.6) is 0 Å². The van der Waals surface area contributed by atoms with Crippen LogP contribution in [0.1, 0.15) is 25.8 Å². The van der Waals surface area contributed by atoms with Crippen LogP contribution in [0.3, 0.4) is 0 Å². The average Bonchev–Trinajstić information content (AvgIpc) is 2.40. The highest BCUT2D eigenvalue weighted by Crippen LogP contribution is 2.29. The molecule has 0 unspecified atom stereocenters. The second-order valence-electron chi connectivity index (χ2n) is 3.08. The van der Waals surface area contributed by atoms with Gasteiger partial charge in [-0.1, -0.05) is 19.9 Å². The van der Waals surface area contributed by atoms with Crippen LogP contribution in [-0.4, -0.2) is 17.0 Å². The summed E-state index contributed by atoms with van der Waals surface area (Å²) in [6.45, 7) is 4.00. The lowest BCUT2D eigenvalue weighted by atomic mass is 10.3. The van der Waals surface area contributed by atoms with Crippen LogP contribution >= 0.6 is 11.8 Å². The summed E-state index contributed by atoms with van der Waals surface area (Å²) in [6.07, 6.45) is 0.921. The molecule has 0 N–H and O–H groups in total. The molecule has 19 heavy (non-hydrogen) atoms. The maximum absolute atomic E-state index is 12.2. The van der Waals surface area contributed by atoms with Gasteiger partial charge >= 0.3 is 6.18 Å². The van der Waals surface area contributed by atoms with E-state index in [0.29, 0.717) is 23.5 Å². The van der Waals surface area contributed by atoms with Crippen molar-refractivity contribution in [1.82, 2.24) is 4.98 Å². The van der Waals surface area contributed by atoms with Crippen molar-refractivity contribution in [3.05, 3.63) is 36.0 Å². The maximum Gasteiger partial charge on any atom is 0.417 e. The van der Waals surface area contributed by atoms with Gasteiger partial charge in [0.1, 0.15) is 6.29 Å². The topological polar surface area (TPSA) is 30.0 Å². The van der Waals surface area contributed by atoms with E-state index < -0.39 is 11.7 Å². The lowest BCUT2D eigenvalue weighted by Gasteiger charge is -2.06. The van der Waals surface area contributed by atoms with Crippen LogP contribution in [0.25, 0.3) is 0 Å². The van der Waals surface area contributed by atoms with E-state index in [1.807, 2.05) is 13.8 Å². The number of hydrogen-bond donors (Lipinski definition) is 0. The third-order valence-corrected chi connectivity index (χ3v) is 2.79. The van der Waals surface area contributed by atoms with Crippen molar-refractivity contribution in [3.8, 4) is 0 Å². The first-order valence-electron chi connectivity index (χ1n) is 5.80. The van der Waals surface area contributed by atoms with E-state index in [0.717, 1.165) is 12.3 Å². The van der Waals surface area contributed by atoms with Crippen LogP contribution in [-0.2, 0) is 11.0 Å². The Hall–Kier alpha value is -1.30. The van der Waals surface area contributed by atoms with Gasteiger partial charge in [-0.2, -0.15) is 13.2 Å². The van der Waals surface area contributed by atoms with Gasteiger partial charge in [-0.05, 0) is 24.6 Å².